The average Bonchev–Trinajstić information content (AvgIpc) is 2.60. The van der Waals surface area contributed by atoms with Gasteiger partial charge in [-0.3, -0.25) is 4.18 Å². The van der Waals surface area contributed by atoms with E-state index in [1.165, 1.54) is 0 Å². The molecule has 2 aliphatic rings. The Bertz CT molecular complexity index is 583. The van der Waals surface area contributed by atoms with Gasteiger partial charge in [0, 0.05) is 0 Å². The molecule has 0 unspecified atom stereocenters. The fourth-order valence-corrected chi connectivity index (χ4v) is 3.01. The van der Waals surface area contributed by atoms with Gasteiger partial charge in [-0.2, -0.15) is 0 Å². The predicted molar refractivity (Wildman–Crippen MR) is 77.2 cm³/mol. The molecule has 0 radical (unpaired) electrons. The van der Waals surface area contributed by atoms with Crippen molar-refractivity contribution in [2.24, 2.45) is 0 Å². The van der Waals surface area contributed by atoms with E-state index in [0.29, 0.717) is 0 Å². The van der Waals surface area contributed by atoms with E-state index >= 15 is 0 Å². The molecule has 2 rings (SSSR count). The predicted octanol–water partition coefficient (Wildman–Crippen LogP) is -5.91. The second kappa shape index (κ2) is 8.87. The van der Waals surface area contributed by atoms with Crippen LogP contribution < -0.4 is 0 Å². The van der Waals surface area contributed by atoms with Crippen molar-refractivity contribution in [2.75, 3.05) is 13.2 Å². The van der Waals surface area contributed by atoms with E-state index in [1.807, 2.05) is 0 Å². The zero-order chi connectivity index (χ0) is 20.5. The molecule has 15 heteroatoms. The van der Waals surface area contributed by atoms with Crippen molar-refractivity contribution in [3.63, 3.8) is 0 Å². The normalized spacial score (nSPS) is 46.4. The molecule has 0 bridgehead atoms. The van der Waals surface area contributed by atoms with E-state index in [4.69, 9.17) is 14.2 Å². The number of aliphatic hydroxyl groups excluding tert-OH is 7. The van der Waals surface area contributed by atoms with Crippen LogP contribution in [-0.4, -0.2) is 123 Å². The van der Waals surface area contributed by atoms with Crippen LogP contribution in [0.25, 0.3) is 0 Å². The number of hydrogen-bond acceptors (Lipinski definition) is 14. The Labute approximate surface area is 153 Å². The first-order valence-electron chi connectivity index (χ1n) is 7.72. The maximum atomic E-state index is 10.5. The topological polar surface area (TPSA) is 236 Å². The molecule has 2 saturated heterocycles. The highest BCUT2D eigenvalue weighted by Crippen LogP contribution is 2.28. The lowest BCUT2D eigenvalue weighted by atomic mass is 9.97. The molecule has 14 nitrogen and oxygen atoms in total. The molecule has 2 aliphatic heterocycles. The van der Waals surface area contributed by atoms with Crippen molar-refractivity contribution >= 4 is 10.4 Å². The second-order valence-electron chi connectivity index (χ2n) is 6.04. The third kappa shape index (κ3) is 5.30. The summed E-state index contributed by atoms with van der Waals surface area (Å²) in [7, 11) is -5.14. The maximum absolute atomic E-state index is 10.5. The molecular formula is C12H21O14S-. The molecule has 2 fully saturated rings. The molecule has 160 valence electrons. The van der Waals surface area contributed by atoms with Crippen LogP contribution in [0.5, 0.6) is 0 Å². The number of rotatable bonds is 6. The Morgan fingerprint density at radius 3 is 2.04 bits per heavy atom. The molecule has 7 N–H and O–H groups in total. The lowest BCUT2D eigenvalue weighted by molar-refractivity contribution is -0.354. The molecule has 0 spiro atoms. The van der Waals surface area contributed by atoms with Gasteiger partial charge in [0.2, 0.25) is 10.4 Å². The van der Waals surface area contributed by atoms with Gasteiger partial charge in [-0.25, -0.2) is 8.42 Å². The highest BCUT2D eigenvalue weighted by molar-refractivity contribution is 7.80. The summed E-state index contributed by atoms with van der Waals surface area (Å²) in [6.07, 6.45) is -17.5. The Morgan fingerprint density at radius 1 is 0.852 bits per heavy atom. The molecular weight excluding hydrogens is 400 g/mol. The molecule has 0 saturated carbocycles. The van der Waals surface area contributed by atoms with E-state index in [0.717, 1.165) is 0 Å². The minimum atomic E-state index is -5.14. The lowest BCUT2D eigenvalue weighted by Gasteiger charge is -2.45. The van der Waals surface area contributed by atoms with Crippen LogP contribution in [0.15, 0.2) is 0 Å². The first-order valence-corrected chi connectivity index (χ1v) is 9.05. The van der Waals surface area contributed by atoms with E-state index in [1.54, 1.807) is 0 Å². The first kappa shape index (κ1) is 22.8. The Hall–Kier alpha value is -0.530. The van der Waals surface area contributed by atoms with Crippen molar-refractivity contribution in [1.82, 2.24) is 0 Å². The molecule has 0 amide bonds. The summed E-state index contributed by atoms with van der Waals surface area (Å²) in [4.78, 5) is 0. The minimum absolute atomic E-state index is 0.777. The SMILES string of the molecule is O=S(=O)([O-])OC[C@H]1O[C@@H](O[C@H]2[C@H](O)[C@@H](O)[C@@H](O)O[C@@H]2CO)[C@H](O)[C@@H](O)[C@@H]1O. The van der Waals surface area contributed by atoms with Crippen LogP contribution in [0.2, 0.25) is 0 Å². The summed E-state index contributed by atoms with van der Waals surface area (Å²) in [5.74, 6) is 0. The third-order valence-electron chi connectivity index (χ3n) is 4.18. The summed E-state index contributed by atoms with van der Waals surface area (Å²) in [6, 6.07) is 0. The Morgan fingerprint density at radius 2 is 1.48 bits per heavy atom. The van der Waals surface area contributed by atoms with E-state index < -0.39 is 85.0 Å². The second-order valence-corrected chi connectivity index (χ2v) is 7.09. The van der Waals surface area contributed by atoms with Crippen molar-refractivity contribution in [2.45, 2.75) is 61.4 Å². The molecule has 10 atom stereocenters. The summed E-state index contributed by atoms with van der Waals surface area (Å²) in [5.41, 5.74) is 0. The number of aliphatic hydroxyl groups is 7. The fraction of sp³-hybridized carbons (Fsp3) is 1.00. The van der Waals surface area contributed by atoms with Gasteiger partial charge in [0.1, 0.15) is 48.8 Å². The molecule has 0 aliphatic carbocycles. The quantitative estimate of drug-likeness (QED) is 0.156. The summed E-state index contributed by atoms with van der Waals surface area (Å²) >= 11 is 0. The standard InChI is InChI=1S/C12H22O14S/c13-1-3-10(7(16)8(17)11(19)24-3)26-12-9(18)6(15)5(14)4(25-12)2-23-27(20,21)22/h3-19H,1-2H2,(H,20,21,22)/p-1/t3-,4-,5-,6+,7-,8-,9-,10-,11+,12+/m1/s1. The number of ether oxygens (including phenoxy) is 3. The largest absolute Gasteiger partial charge is 0.726 e. The highest BCUT2D eigenvalue weighted by atomic mass is 32.3. The smallest absolute Gasteiger partial charge is 0.217 e. The Kier molecular flexibility index (Phi) is 7.47. The van der Waals surface area contributed by atoms with E-state index in [9.17, 15) is 48.7 Å². The zero-order valence-electron chi connectivity index (χ0n) is 13.6. The van der Waals surface area contributed by atoms with Gasteiger partial charge >= 0.3 is 0 Å². The summed E-state index contributed by atoms with van der Waals surface area (Å²) < 4.78 is 50.7. The summed E-state index contributed by atoms with van der Waals surface area (Å²) in [5, 5.41) is 68.0. The number of hydrogen-bond donors (Lipinski definition) is 7. The van der Waals surface area contributed by atoms with Crippen molar-refractivity contribution in [3.8, 4) is 0 Å². The zero-order valence-corrected chi connectivity index (χ0v) is 14.4. The monoisotopic (exact) mass is 421 g/mol. The lowest BCUT2D eigenvalue weighted by Crippen LogP contribution is -2.64. The molecule has 0 aromatic carbocycles. The molecule has 0 aromatic heterocycles. The molecule has 27 heavy (non-hydrogen) atoms. The minimum Gasteiger partial charge on any atom is -0.726 e. The van der Waals surface area contributed by atoms with Crippen LogP contribution in [-0.2, 0) is 28.8 Å². The van der Waals surface area contributed by atoms with Crippen LogP contribution in [0.1, 0.15) is 0 Å². The summed E-state index contributed by atoms with van der Waals surface area (Å²) in [6.45, 7) is -1.79. The van der Waals surface area contributed by atoms with Gasteiger partial charge in [0.05, 0.1) is 13.2 Å². The first-order chi connectivity index (χ1) is 12.5. The highest BCUT2D eigenvalue weighted by Gasteiger charge is 2.50. The van der Waals surface area contributed by atoms with Gasteiger partial charge in [0.15, 0.2) is 12.6 Å². The molecule has 2 heterocycles. The van der Waals surface area contributed by atoms with E-state index in [-0.39, 0.29) is 0 Å². The third-order valence-corrected chi connectivity index (χ3v) is 4.60. The Balaban J connectivity index is 2.12. The van der Waals surface area contributed by atoms with Crippen molar-refractivity contribution in [1.29, 1.82) is 0 Å². The fourth-order valence-electron chi connectivity index (χ4n) is 2.71. The molecule has 0 aromatic rings. The van der Waals surface area contributed by atoms with Crippen LogP contribution in [0.3, 0.4) is 0 Å². The van der Waals surface area contributed by atoms with Gasteiger partial charge in [0.25, 0.3) is 0 Å². The van der Waals surface area contributed by atoms with Crippen molar-refractivity contribution < 1.29 is 67.1 Å². The maximum Gasteiger partial charge on any atom is 0.217 e. The van der Waals surface area contributed by atoms with Gasteiger partial charge in [-0.1, -0.05) is 0 Å². The van der Waals surface area contributed by atoms with Gasteiger partial charge in [-0.15, -0.1) is 0 Å². The average molecular weight is 421 g/mol. The van der Waals surface area contributed by atoms with Gasteiger partial charge in [-0.05, 0) is 0 Å². The van der Waals surface area contributed by atoms with Crippen LogP contribution >= 0.6 is 0 Å². The van der Waals surface area contributed by atoms with E-state index in [2.05, 4.69) is 4.18 Å². The van der Waals surface area contributed by atoms with Crippen LogP contribution in [0, 0.1) is 0 Å². The van der Waals surface area contributed by atoms with Crippen LogP contribution in [0.4, 0.5) is 0 Å². The van der Waals surface area contributed by atoms with Crippen molar-refractivity contribution in [3.05, 3.63) is 0 Å². The van der Waals surface area contributed by atoms with Gasteiger partial charge < -0.3 is 54.5 Å².